The van der Waals surface area contributed by atoms with Gasteiger partial charge < -0.3 is 15.1 Å². The Bertz CT molecular complexity index is 1950. The number of nitrogens with zero attached hydrogens (tertiary/aromatic N) is 7. The van der Waals surface area contributed by atoms with E-state index in [1.807, 2.05) is 29.5 Å². The molecule has 0 spiro atoms. The number of carbonyl (C=O) groups is 1. The normalized spacial score (nSPS) is 15.8. The van der Waals surface area contributed by atoms with E-state index in [0.29, 0.717) is 35.5 Å². The van der Waals surface area contributed by atoms with Crippen LogP contribution in [0.1, 0.15) is 36.6 Å². The number of benzene rings is 1. The van der Waals surface area contributed by atoms with Crippen molar-refractivity contribution in [2.45, 2.75) is 32.4 Å². The molecule has 1 saturated heterocycles. The van der Waals surface area contributed by atoms with Crippen LogP contribution in [-0.2, 0) is 7.05 Å². The Morgan fingerprint density at radius 2 is 1.98 bits per heavy atom. The zero-order chi connectivity index (χ0) is 30.6. The van der Waals surface area contributed by atoms with Crippen LogP contribution < -0.4 is 10.9 Å². The van der Waals surface area contributed by atoms with E-state index in [2.05, 4.69) is 21.4 Å². The third-order valence-corrected chi connectivity index (χ3v) is 8.30. The van der Waals surface area contributed by atoms with Gasteiger partial charge in [-0.2, -0.15) is 5.10 Å². The van der Waals surface area contributed by atoms with Crippen molar-refractivity contribution in [3.8, 4) is 11.3 Å². The van der Waals surface area contributed by atoms with E-state index in [1.54, 1.807) is 55.0 Å². The molecule has 222 valence electrons. The molecule has 1 N–H and O–H groups in total. The Hall–Kier alpha value is -4.51. The molecule has 0 bridgehead atoms. The predicted molar refractivity (Wildman–Crippen MR) is 166 cm³/mol. The van der Waals surface area contributed by atoms with Crippen molar-refractivity contribution < 1.29 is 9.18 Å². The Morgan fingerprint density at radius 3 is 2.72 bits per heavy atom. The van der Waals surface area contributed by atoms with E-state index in [0.717, 1.165) is 34.5 Å². The number of rotatable bonds is 5. The van der Waals surface area contributed by atoms with Crippen molar-refractivity contribution in [2.24, 2.45) is 7.05 Å². The molecule has 12 heteroatoms. The van der Waals surface area contributed by atoms with Gasteiger partial charge in [-0.15, -0.1) is 0 Å². The Kier molecular flexibility index (Phi) is 7.29. The zero-order valence-electron chi connectivity index (χ0n) is 24.6. The Morgan fingerprint density at radius 1 is 1.19 bits per heavy atom. The third-order valence-electron chi connectivity index (χ3n) is 8.09. The van der Waals surface area contributed by atoms with Gasteiger partial charge in [-0.25, -0.2) is 18.9 Å². The van der Waals surface area contributed by atoms with Crippen molar-refractivity contribution in [1.29, 1.82) is 0 Å². The van der Waals surface area contributed by atoms with Gasteiger partial charge in [0.2, 0.25) is 0 Å². The standard InChI is InChI=1S/C31H32ClFN8O2/c1-17-12-21(18(2)36-25-6-7-26(32)37-28(25)20-8-10-34-15-24(20)33)27-22(13-17)30(42)39(5)29-23(27)14-35-41(29)19-9-11-40(16-19)31(43)38(3)4/h6-8,10,12-15,18-19,36H,9,11,16H2,1-5H3. The highest BCUT2D eigenvalue weighted by Crippen LogP contribution is 2.36. The molecule has 4 aromatic heterocycles. The van der Waals surface area contributed by atoms with Gasteiger partial charge >= 0.3 is 6.03 Å². The summed E-state index contributed by atoms with van der Waals surface area (Å²) in [5.74, 6) is -0.510. The number of hydrogen-bond acceptors (Lipinski definition) is 6. The van der Waals surface area contributed by atoms with E-state index in [9.17, 15) is 14.0 Å². The molecule has 2 atom stereocenters. The molecule has 10 nitrogen and oxygen atoms in total. The first-order valence-electron chi connectivity index (χ1n) is 14.0. The fourth-order valence-electron chi connectivity index (χ4n) is 6.07. The van der Waals surface area contributed by atoms with E-state index in [-0.39, 0.29) is 34.4 Å². The van der Waals surface area contributed by atoms with E-state index < -0.39 is 5.82 Å². The Labute approximate surface area is 252 Å². The third kappa shape index (κ3) is 4.97. The first kappa shape index (κ1) is 28.6. The lowest BCUT2D eigenvalue weighted by Crippen LogP contribution is -2.37. The number of aryl methyl sites for hydroxylation is 2. The molecule has 5 heterocycles. The summed E-state index contributed by atoms with van der Waals surface area (Å²) in [5, 5.41) is 10.7. The van der Waals surface area contributed by atoms with Crippen LogP contribution in [0.15, 0.2) is 53.7 Å². The maximum Gasteiger partial charge on any atom is 0.319 e. The molecule has 0 saturated carbocycles. The number of nitrogens with one attached hydrogen (secondary N) is 1. The summed E-state index contributed by atoms with van der Waals surface area (Å²) in [4.78, 5) is 38.1. The maximum atomic E-state index is 14.8. The van der Waals surface area contributed by atoms with Crippen LogP contribution in [0.5, 0.6) is 0 Å². The van der Waals surface area contributed by atoms with Crippen molar-refractivity contribution in [2.75, 3.05) is 32.5 Å². The molecular formula is C31H32ClFN8O2. The summed E-state index contributed by atoms with van der Waals surface area (Å²) in [6, 6.07) is 8.52. The summed E-state index contributed by atoms with van der Waals surface area (Å²) in [7, 11) is 5.24. The van der Waals surface area contributed by atoms with Crippen molar-refractivity contribution in [3.05, 3.63) is 81.4 Å². The Balaban J connectivity index is 1.47. The number of halogens is 2. The highest BCUT2D eigenvalue weighted by Gasteiger charge is 2.31. The fraction of sp³-hybridized carbons (Fsp3) is 0.323. The van der Waals surface area contributed by atoms with Gasteiger partial charge in [0.15, 0.2) is 5.82 Å². The number of pyridine rings is 3. The van der Waals surface area contributed by atoms with Gasteiger partial charge in [-0.3, -0.25) is 14.3 Å². The molecule has 1 aliphatic heterocycles. The monoisotopic (exact) mass is 602 g/mol. The molecule has 5 aromatic rings. The summed E-state index contributed by atoms with van der Waals surface area (Å²) < 4.78 is 18.3. The van der Waals surface area contributed by atoms with Crippen LogP contribution in [0.2, 0.25) is 5.15 Å². The second-order valence-corrected chi connectivity index (χ2v) is 11.7. The molecular weight excluding hydrogens is 571 g/mol. The van der Waals surface area contributed by atoms with E-state index in [4.69, 9.17) is 16.7 Å². The quantitative estimate of drug-likeness (QED) is 0.265. The summed E-state index contributed by atoms with van der Waals surface area (Å²) >= 11 is 6.22. The zero-order valence-corrected chi connectivity index (χ0v) is 25.4. The average Bonchev–Trinajstić information content (AvgIpc) is 3.64. The lowest BCUT2D eigenvalue weighted by molar-refractivity contribution is 0.180. The minimum absolute atomic E-state index is 0.0429. The van der Waals surface area contributed by atoms with Crippen LogP contribution in [-0.4, -0.2) is 67.3 Å². The van der Waals surface area contributed by atoms with E-state index >= 15 is 0 Å². The number of likely N-dealkylation sites (tertiary alicyclic amines) is 1. The highest BCUT2D eigenvalue weighted by atomic mass is 35.5. The maximum absolute atomic E-state index is 14.8. The van der Waals surface area contributed by atoms with Crippen molar-refractivity contribution in [3.63, 3.8) is 0 Å². The highest BCUT2D eigenvalue weighted by molar-refractivity contribution is 6.29. The molecule has 43 heavy (non-hydrogen) atoms. The van der Waals surface area contributed by atoms with Crippen LogP contribution in [0.3, 0.4) is 0 Å². The average molecular weight is 603 g/mol. The fourth-order valence-corrected chi connectivity index (χ4v) is 6.22. The SMILES string of the molecule is Cc1cc(C(C)Nc2ccc(Cl)nc2-c2ccncc2F)c2c(c1)c(=O)n(C)c1c2cnn1C1CCN(C(=O)N(C)C)C1. The van der Waals surface area contributed by atoms with Crippen molar-refractivity contribution >= 4 is 45.1 Å². The minimum atomic E-state index is -0.510. The lowest BCUT2D eigenvalue weighted by Gasteiger charge is -2.22. The summed E-state index contributed by atoms with van der Waals surface area (Å²) in [6.45, 7) is 5.08. The summed E-state index contributed by atoms with van der Waals surface area (Å²) in [6.07, 6.45) is 5.19. The first-order chi connectivity index (χ1) is 20.5. The number of anilines is 1. The molecule has 0 aliphatic carbocycles. The van der Waals surface area contributed by atoms with E-state index in [1.165, 1.54) is 6.20 Å². The molecule has 1 aromatic carbocycles. The van der Waals surface area contributed by atoms with Gasteiger partial charge in [0.05, 0.1) is 29.8 Å². The number of carbonyl (C=O) groups excluding carboxylic acids is 1. The summed E-state index contributed by atoms with van der Waals surface area (Å²) in [5.41, 5.74) is 3.62. The molecule has 0 radical (unpaired) electrons. The van der Waals surface area contributed by atoms with Crippen LogP contribution >= 0.6 is 11.6 Å². The molecule has 1 aliphatic rings. The molecule has 6 rings (SSSR count). The first-order valence-corrected chi connectivity index (χ1v) is 14.4. The van der Waals surface area contributed by atoms with Crippen molar-refractivity contribution in [1.82, 2.24) is 34.1 Å². The second kappa shape index (κ2) is 11.0. The van der Waals surface area contributed by atoms with Crippen LogP contribution in [0.4, 0.5) is 14.9 Å². The molecule has 2 amide bonds. The largest absolute Gasteiger partial charge is 0.377 e. The lowest BCUT2D eigenvalue weighted by atomic mass is 9.95. The van der Waals surface area contributed by atoms with Gasteiger partial charge in [-0.1, -0.05) is 17.7 Å². The van der Waals surface area contributed by atoms with Gasteiger partial charge in [0, 0.05) is 68.2 Å². The number of urea groups is 1. The van der Waals surface area contributed by atoms with Gasteiger partial charge in [-0.05, 0) is 55.7 Å². The number of fused-ring (bicyclic) bond motifs is 3. The molecule has 1 fully saturated rings. The van der Waals surface area contributed by atoms with Crippen LogP contribution in [0, 0.1) is 12.7 Å². The number of hydrogen-bond donors (Lipinski definition) is 1. The number of amides is 2. The topological polar surface area (TPSA) is 101 Å². The second-order valence-electron chi connectivity index (χ2n) is 11.3. The van der Waals surface area contributed by atoms with Gasteiger partial charge in [0.25, 0.3) is 5.56 Å². The predicted octanol–water partition coefficient (Wildman–Crippen LogP) is 5.55. The van der Waals surface area contributed by atoms with Gasteiger partial charge in [0.1, 0.15) is 10.8 Å². The number of aromatic nitrogens is 5. The minimum Gasteiger partial charge on any atom is -0.377 e. The van der Waals surface area contributed by atoms with Crippen LogP contribution in [0.25, 0.3) is 33.1 Å². The molecule has 2 unspecified atom stereocenters. The smallest absolute Gasteiger partial charge is 0.319 e.